The summed E-state index contributed by atoms with van der Waals surface area (Å²) in [5, 5.41) is 15.6. The Kier molecular flexibility index (Phi) is 5.76. The maximum atomic E-state index is 9.55. The van der Waals surface area contributed by atoms with E-state index >= 15 is 0 Å². The van der Waals surface area contributed by atoms with Crippen LogP contribution in [0, 0.1) is 0 Å². The lowest BCUT2D eigenvalue weighted by atomic mass is 9.84. The van der Waals surface area contributed by atoms with Gasteiger partial charge in [0.2, 0.25) is 0 Å². The van der Waals surface area contributed by atoms with Crippen molar-refractivity contribution in [3.05, 3.63) is 42.4 Å². The highest BCUT2D eigenvalue weighted by Gasteiger charge is 2.31. The normalized spacial score (nSPS) is 23.8. The largest absolute Gasteiger partial charge is 0.478 e. The van der Waals surface area contributed by atoms with E-state index in [9.17, 15) is 9.59 Å². The van der Waals surface area contributed by atoms with Gasteiger partial charge in [0.25, 0.3) is 0 Å². The van der Waals surface area contributed by atoms with Gasteiger partial charge in [-0.3, -0.25) is 4.90 Å². The first-order valence-corrected chi connectivity index (χ1v) is 7.56. The molecule has 1 saturated heterocycles. The molecule has 6 nitrogen and oxygen atoms in total. The van der Waals surface area contributed by atoms with Crippen LogP contribution in [0.5, 0.6) is 0 Å². The third-order valence-corrected chi connectivity index (χ3v) is 4.25. The molecule has 3 heterocycles. The molecule has 124 valence electrons. The van der Waals surface area contributed by atoms with Crippen LogP contribution < -0.4 is 0 Å². The summed E-state index contributed by atoms with van der Waals surface area (Å²) >= 11 is 0. The molecule has 23 heavy (non-hydrogen) atoms. The van der Waals surface area contributed by atoms with Crippen LogP contribution in [-0.4, -0.2) is 46.2 Å². The van der Waals surface area contributed by atoms with E-state index in [1.807, 2.05) is 6.26 Å². The first-order chi connectivity index (χ1) is 11.0. The molecule has 1 aromatic rings. The van der Waals surface area contributed by atoms with Crippen LogP contribution in [0.2, 0.25) is 0 Å². The molecule has 2 unspecified atom stereocenters. The molecule has 3 rings (SSSR count). The maximum Gasteiger partial charge on any atom is 0.328 e. The average molecular weight is 319 g/mol. The fourth-order valence-corrected chi connectivity index (χ4v) is 3.05. The molecular weight excluding hydrogens is 298 g/mol. The third kappa shape index (κ3) is 4.82. The predicted molar refractivity (Wildman–Crippen MR) is 84.9 cm³/mol. The molecule has 0 aromatic carbocycles. The molecule has 0 aliphatic carbocycles. The summed E-state index contributed by atoms with van der Waals surface area (Å²) in [7, 11) is 2.26. The number of carboxylic acid groups (broad SMARTS) is 2. The van der Waals surface area contributed by atoms with Crippen LogP contribution in [0.3, 0.4) is 0 Å². The summed E-state index contributed by atoms with van der Waals surface area (Å²) in [5.74, 6) is -2.51. The molecule has 1 aromatic heterocycles. The van der Waals surface area contributed by atoms with Crippen LogP contribution in [0.15, 0.2) is 41.2 Å². The number of carbonyl (C=O) groups is 2. The fourth-order valence-electron chi connectivity index (χ4n) is 3.05. The van der Waals surface area contributed by atoms with Gasteiger partial charge in [-0.2, -0.15) is 0 Å². The van der Waals surface area contributed by atoms with Crippen LogP contribution in [0.4, 0.5) is 0 Å². The Hall–Kier alpha value is -2.34. The van der Waals surface area contributed by atoms with Crippen molar-refractivity contribution in [3.63, 3.8) is 0 Å². The number of rotatable bonds is 3. The van der Waals surface area contributed by atoms with E-state index in [4.69, 9.17) is 14.6 Å². The number of aliphatic carboxylic acids is 2. The standard InChI is InChI=1S/C13H17NO.C4H4O4/c1-14-12-3-2-4-13(14)8-11(7-12)10-5-6-15-9-10;5-3(6)1-2-4(7)8/h5-7,9,12-13H,2-4,8H2,1H3;1-2H,(H,5,6)(H,7,8)/b;2-1+. The number of carboxylic acids is 2. The lowest BCUT2D eigenvalue weighted by molar-refractivity contribution is -0.134. The van der Waals surface area contributed by atoms with E-state index < -0.39 is 11.9 Å². The molecule has 2 aliphatic rings. The lowest BCUT2D eigenvalue weighted by Crippen LogP contribution is -2.45. The first-order valence-electron chi connectivity index (χ1n) is 7.56. The van der Waals surface area contributed by atoms with Crippen LogP contribution in [0.1, 0.15) is 31.2 Å². The predicted octanol–water partition coefficient (Wildman–Crippen LogP) is 2.63. The summed E-state index contributed by atoms with van der Waals surface area (Å²) in [6.07, 6.45) is 12.4. The average Bonchev–Trinajstić information content (AvgIpc) is 3.00. The van der Waals surface area contributed by atoms with E-state index in [-0.39, 0.29) is 0 Å². The highest BCUT2D eigenvalue weighted by Crippen LogP contribution is 2.35. The third-order valence-electron chi connectivity index (χ3n) is 4.25. The molecule has 2 bridgehead atoms. The SMILES string of the molecule is CN1C2C=C(c3ccoc3)CC1CCC2.O=C(O)/C=C/C(=O)O. The minimum absolute atomic E-state index is 0.558. The van der Waals surface area contributed by atoms with Crippen LogP contribution >= 0.6 is 0 Å². The van der Waals surface area contributed by atoms with Crippen LogP contribution in [0.25, 0.3) is 5.57 Å². The van der Waals surface area contributed by atoms with Crippen molar-refractivity contribution in [1.82, 2.24) is 4.90 Å². The Morgan fingerprint density at radius 1 is 1.26 bits per heavy atom. The monoisotopic (exact) mass is 319 g/mol. The number of furan rings is 1. The first kappa shape index (κ1) is 17.0. The summed E-state index contributed by atoms with van der Waals surface area (Å²) in [4.78, 5) is 21.6. The second-order valence-electron chi connectivity index (χ2n) is 5.74. The molecule has 0 amide bonds. The molecule has 1 fully saturated rings. The van der Waals surface area contributed by atoms with Crippen molar-refractivity contribution in [1.29, 1.82) is 0 Å². The van der Waals surface area contributed by atoms with E-state index in [0.29, 0.717) is 18.2 Å². The summed E-state index contributed by atoms with van der Waals surface area (Å²) in [5.41, 5.74) is 2.76. The zero-order valence-electron chi connectivity index (χ0n) is 13.0. The van der Waals surface area contributed by atoms with Crippen molar-refractivity contribution < 1.29 is 24.2 Å². The zero-order valence-corrected chi connectivity index (χ0v) is 13.0. The van der Waals surface area contributed by atoms with Gasteiger partial charge in [0.05, 0.1) is 12.5 Å². The quantitative estimate of drug-likeness (QED) is 0.832. The van der Waals surface area contributed by atoms with E-state index in [1.165, 1.54) is 36.8 Å². The van der Waals surface area contributed by atoms with Gasteiger partial charge in [0, 0.05) is 29.8 Å². The van der Waals surface area contributed by atoms with Gasteiger partial charge in [-0.05, 0) is 37.9 Å². The Morgan fingerprint density at radius 2 is 1.96 bits per heavy atom. The molecular formula is C17H21NO5. The van der Waals surface area contributed by atoms with Crippen molar-refractivity contribution in [3.8, 4) is 0 Å². The molecule has 2 N–H and O–H groups in total. The number of hydrogen-bond donors (Lipinski definition) is 2. The van der Waals surface area contributed by atoms with Gasteiger partial charge >= 0.3 is 11.9 Å². The van der Waals surface area contributed by atoms with Gasteiger partial charge in [-0.15, -0.1) is 0 Å². The maximum absolute atomic E-state index is 9.55. The topological polar surface area (TPSA) is 91.0 Å². The number of piperidine rings is 1. The zero-order chi connectivity index (χ0) is 16.8. The summed E-state index contributed by atoms with van der Waals surface area (Å²) < 4.78 is 5.16. The highest BCUT2D eigenvalue weighted by molar-refractivity contribution is 5.89. The van der Waals surface area contributed by atoms with Crippen LogP contribution in [-0.2, 0) is 9.59 Å². The number of nitrogens with zero attached hydrogens (tertiary/aromatic N) is 1. The molecule has 2 aliphatic heterocycles. The Morgan fingerprint density at radius 3 is 2.48 bits per heavy atom. The lowest BCUT2D eigenvalue weighted by Gasteiger charge is -2.42. The van der Waals surface area contributed by atoms with Gasteiger partial charge < -0.3 is 14.6 Å². The second-order valence-corrected chi connectivity index (χ2v) is 5.74. The highest BCUT2D eigenvalue weighted by atomic mass is 16.4. The Labute approximate surface area is 134 Å². The second kappa shape index (κ2) is 7.78. The summed E-state index contributed by atoms with van der Waals surface area (Å²) in [6, 6.07) is 3.48. The van der Waals surface area contributed by atoms with Gasteiger partial charge in [-0.25, -0.2) is 9.59 Å². The van der Waals surface area contributed by atoms with Crippen molar-refractivity contribution in [2.45, 2.75) is 37.8 Å². The number of fused-ring (bicyclic) bond motifs is 2. The fraction of sp³-hybridized carbons (Fsp3) is 0.412. The molecule has 6 heteroatoms. The van der Waals surface area contributed by atoms with Crippen molar-refractivity contribution >= 4 is 17.5 Å². The Bertz CT molecular complexity index is 587. The molecule has 2 atom stereocenters. The minimum Gasteiger partial charge on any atom is -0.478 e. The van der Waals surface area contributed by atoms with E-state index in [0.717, 1.165) is 6.04 Å². The van der Waals surface area contributed by atoms with E-state index in [1.54, 1.807) is 6.26 Å². The molecule has 0 saturated carbocycles. The number of likely N-dealkylation sites (N-methyl/N-ethyl adjacent to an activating group) is 1. The Balaban J connectivity index is 0.000000207. The van der Waals surface area contributed by atoms with Gasteiger partial charge in [0.15, 0.2) is 0 Å². The summed E-state index contributed by atoms with van der Waals surface area (Å²) in [6.45, 7) is 0. The van der Waals surface area contributed by atoms with E-state index in [2.05, 4.69) is 24.1 Å². The smallest absolute Gasteiger partial charge is 0.328 e. The van der Waals surface area contributed by atoms with Crippen molar-refractivity contribution in [2.75, 3.05) is 7.05 Å². The molecule has 0 spiro atoms. The molecule has 0 radical (unpaired) electrons. The van der Waals surface area contributed by atoms with Gasteiger partial charge in [0.1, 0.15) is 0 Å². The number of hydrogen-bond acceptors (Lipinski definition) is 4. The van der Waals surface area contributed by atoms with Gasteiger partial charge in [-0.1, -0.05) is 12.5 Å². The minimum atomic E-state index is -1.26. The van der Waals surface area contributed by atoms with Crippen molar-refractivity contribution in [2.24, 2.45) is 0 Å².